The Morgan fingerprint density at radius 2 is 2.12 bits per heavy atom. The summed E-state index contributed by atoms with van der Waals surface area (Å²) in [4.78, 5) is 2.13. The highest BCUT2D eigenvalue weighted by Gasteiger charge is 2.09. The van der Waals surface area contributed by atoms with E-state index in [1.807, 2.05) is 32.3 Å². The Morgan fingerprint density at radius 3 is 2.71 bits per heavy atom. The van der Waals surface area contributed by atoms with Crippen LogP contribution in [0.2, 0.25) is 0 Å². The minimum atomic E-state index is -0.517. The van der Waals surface area contributed by atoms with Crippen LogP contribution >= 0.6 is 15.9 Å². The van der Waals surface area contributed by atoms with E-state index in [0.29, 0.717) is 6.61 Å². The number of benzene rings is 1. The third-order valence-electron chi connectivity index (χ3n) is 2.43. The summed E-state index contributed by atoms with van der Waals surface area (Å²) in [6.07, 6.45) is 0.457. The maximum Gasteiger partial charge on any atom is 0.125 e. The first-order chi connectivity index (χ1) is 8.00. The normalized spacial score (nSPS) is 12.8. The van der Waals surface area contributed by atoms with E-state index in [1.165, 1.54) is 0 Å². The molecule has 0 amide bonds. The molecule has 1 atom stereocenters. The number of aliphatic hydroxyl groups excluding tert-OH is 1. The maximum absolute atomic E-state index is 9.66. The van der Waals surface area contributed by atoms with Gasteiger partial charge in [0.2, 0.25) is 0 Å². The lowest BCUT2D eigenvalue weighted by molar-refractivity contribution is 0.190. The Hall–Kier alpha value is -0.580. The fourth-order valence-corrected chi connectivity index (χ4v) is 1.92. The summed E-state index contributed by atoms with van der Waals surface area (Å²) in [7, 11) is 4.09. The van der Waals surface area contributed by atoms with E-state index in [4.69, 9.17) is 4.74 Å². The Balaban J connectivity index is 2.58. The molecule has 0 aliphatic carbocycles. The van der Waals surface area contributed by atoms with Gasteiger partial charge >= 0.3 is 0 Å². The third kappa shape index (κ3) is 5.06. The summed E-state index contributed by atoms with van der Waals surface area (Å²) in [5.41, 5.74) is 0.823. The summed E-state index contributed by atoms with van der Waals surface area (Å²) in [6.45, 7) is 3.41. The van der Waals surface area contributed by atoms with Crippen LogP contribution in [-0.2, 0) is 0 Å². The Morgan fingerprint density at radius 1 is 1.41 bits per heavy atom. The number of hydrogen-bond donors (Lipinski definition) is 1. The second kappa shape index (κ2) is 6.99. The summed E-state index contributed by atoms with van der Waals surface area (Å²) in [6, 6.07) is 5.71. The van der Waals surface area contributed by atoms with Gasteiger partial charge in [0.1, 0.15) is 5.75 Å². The summed E-state index contributed by atoms with van der Waals surface area (Å²) < 4.78 is 6.65. The summed E-state index contributed by atoms with van der Waals surface area (Å²) >= 11 is 3.39. The van der Waals surface area contributed by atoms with Gasteiger partial charge in [0, 0.05) is 16.6 Å². The van der Waals surface area contributed by atoms with Crippen LogP contribution in [0.15, 0.2) is 22.7 Å². The Labute approximate surface area is 112 Å². The lowest BCUT2D eigenvalue weighted by Crippen LogP contribution is -2.15. The van der Waals surface area contributed by atoms with E-state index in [9.17, 15) is 5.11 Å². The molecule has 0 fully saturated rings. The highest BCUT2D eigenvalue weighted by molar-refractivity contribution is 9.10. The molecule has 0 saturated heterocycles. The molecule has 1 unspecified atom stereocenters. The van der Waals surface area contributed by atoms with Crippen LogP contribution in [0.4, 0.5) is 0 Å². The van der Waals surface area contributed by atoms with Crippen molar-refractivity contribution >= 4 is 15.9 Å². The van der Waals surface area contributed by atoms with E-state index in [-0.39, 0.29) is 0 Å². The quantitative estimate of drug-likeness (QED) is 0.820. The Kier molecular flexibility index (Phi) is 5.95. The monoisotopic (exact) mass is 301 g/mol. The molecule has 3 nitrogen and oxygen atoms in total. The molecule has 0 spiro atoms. The zero-order valence-electron chi connectivity index (χ0n) is 10.6. The lowest BCUT2D eigenvalue weighted by atomic mass is 10.1. The number of hydrogen-bond acceptors (Lipinski definition) is 3. The molecule has 0 aliphatic rings. The highest BCUT2D eigenvalue weighted by atomic mass is 79.9. The van der Waals surface area contributed by atoms with Gasteiger partial charge in [0.25, 0.3) is 0 Å². The number of ether oxygens (including phenoxy) is 1. The first-order valence-electron chi connectivity index (χ1n) is 5.75. The molecule has 1 aromatic carbocycles. The fourth-order valence-electron chi connectivity index (χ4n) is 1.54. The van der Waals surface area contributed by atoms with Crippen molar-refractivity contribution < 1.29 is 9.84 Å². The summed E-state index contributed by atoms with van der Waals surface area (Å²) in [5, 5.41) is 9.66. The van der Waals surface area contributed by atoms with Crippen LogP contribution in [0.3, 0.4) is 0 Å². The number of nitrogens with zero attached hydrogens (tertiary/aromatic N) is 1. The zero-order valence-corrected chi connectivity index (χ0v) is 12.2. The molecular formula is C13H20BrNO2. The molecule has 1 rings (SSSR count). The van der Waals surface area contributed by atoms with Crippen LogP contribution in [-0.4, -0.2) is 37.3 Å². The van der Waals surface area contributed by atoms with E-state index in [0.717, 1.165) is 28.8 Å². The van der Waals surface area contributed by atoms with E-state index in [1.54, 1.807) is 6.92 Å². The van der Waals surface area contributed by atoms with Crippen molar-refractivity contribution in [3.63, 3.8) is 0 Å². The van der Waals surface area contributed by atoms with Crippen molar-refractivity contribution in [3.8, 4) is 5.75 Å². The van der Waals surface area contributed by atoms with Crippen molar-refractivity contribution in [2.24, 2.45) is 0 Å². The van der Waals surface area contributed by atoms with E-state index in [2.05, 4.69) is 20.8 Å². The second-order valence-corrected chi connectivity index (χ2v) is 5.28. The van der Waals surface area contributed by atoms with Crippen molar-refractivity contribution in [3.05, 3.63) is 28.2 Å². The van der Waals surface area contributed by atoms with Gasteiger partial charge in [-0.05, 0) is 45.6 Å². The average molecular weight is 302 g/mol. The molecule has 0 aromatic heterocycles. The smallest absolute Gasteiger partial charge is 0.125 e. The molecule has 0 radical (unpaired) electrons. The molecule has 0 aliphatic heterocycles. The molecule has 0 saturated carbocycles. The standard InChI is InChI=1S/C13H20BrNO2/c1-10(16)12-9-11(14)5-6-13(12)17-8-4-7-15(2)3/h5-6,9-10,16H,4,7-8H2,1-3H3. The summed E-state index contributed by atoms with van der Waals surface area (Å²) in [5.74, 6) is 0.766. The molecule has 17 heavy (non-hydrogen) atoms. The molecule has 96 valence electrons. The SMILES string of the molecule is CC(O)c1cc(Br)ccc1OCCCN(C)C. The fraction of sp³-hybridized carbons (Fsp3) is 0.538. The highest BCUT2D eigenvalue weighted by Crippen LogP contribution is 2.28. The van der Waals surface area contributed by atoms with E-state index >= 15 is 0 Å². The molecule has 1 aromatic rings. The minimum Gasteiger partial charge on any atom is -0.493 e. The zero-order chi connectivity index (χ0) is 12.8. The molecule has 0 heterocycles. The van der Waals surface area contributed by atoms with Crippen LogP contribution in [0.5, 0.6) is 5.75 Å². The molecule has 0 bridgehead atoms. The topological polar surface area (TPSA) is 32.7 Å². The van der Waals surface area contributed by atoms with E-state index < -0.39 is 6.10 Å². The van der Waals surface area contributed by atoms with Gasteiger partial charge in [-0.1, -0.05) is 15.9 Å². The number of aliphatic hydroxyl groups is 1. The lowest BCUT2D eigenvalue weighted by Gasteiger charge is -2.15. The van der Waals surface area contributed by atoms with Crippen LogP contribution in [0.25, 0.3) is 0 Å². The van der Waals surface area contributed by atoms with Crippen LogP contribution < -0.4 is 4.74 Å². The van der Waals surface area contributed by atoms with Crippen molar-refractivity contribution in [2.75, 3.05) is 27.2 Å². The van der Waals surface area contributed by atoms with Gasteiger partial charge in [0.05, 0.1) is 12.7 Å². The van der Waals surface area contributed by atoms with Gasteiger partial charge in [-0.25, -0.2) is 0 Å². The Bertz CT molecular complexity index is 353. The number of halogens is 1. The molecule has 1 N–H and O–H groups in total. The second-order valence-electron chi connectivity index (χ2n) is 4.36. The predicted molar refractivity (Wildman–Crippen MR) is 73.4 cm³/mol. The minimum absolute atomic E-state index is 0.517. The van der Waals surface area contributed by atoms with Crippen molar-refractivity contribution in [2.45, 2.75) is 19.4 Å². The maximum atomic E-state index is 9.66. The number of rotatable bonds is 6. The predicted octanol–water partition coefficient (Wildman–Crippen LogP) is 2.83. The van der Waals surface area contributed by atoms with Gasteiger partial charge in [-0.3, -0.25) is 0 Å². The van der Waals surface area contributed by atoms with Crippen LogP contribution in [0, 0.1) is 0 Å². The van der Waals surface area contributed by atoms with Crippen molar-refractivity contribution in [1.29, 1.82) is 0 Å². The van der Waals surface area contributed by atoms with Gasteiger partial charge < -0.3 is 14.7 Å². The average Bonchev–Trinajstić information content (AvgIpc) is 2.25. The largest absolute Gasteiger partial charge is 0.493 e. The molecular weight excluding hydrogens is 282 g/mol. The van der Waals surface area contributed by atoms with Gasteiger partial charge in [-0.15, -0.1) is 0 Å². The van der Waals surface area contributed by atoms with Crippen LogP contribution in [0.1, 0.15) is 25.0 Å². The van der Waals surface area contributed by atoms with Gasteiger partial charge in [0.15, 0.2) is 0 Å². The van der Waals surface area contributed by atoms with Gasteiger partial charge in [-0.2, -0.15) is 0 Å². The first kappa shape index (κ1) is 14.5. The molecule has 4 heteroatoms. The van der Waals surface area contributed by atoms with Crippen molar-refractivity contribution in [1.82, 2.24) is 4.90 Å². The first-order valence-corrected chi connectivity index (χ1v) is 6.55. The third-order valence-corrected chi connectivity index (χ3v) is 2.92.